The summed E-state index contributed by atoms with van der Waals surface area (Å²) in [5, 5.41) is 14.9. The maximum absolute atomic E-state index is 13.2. The van der Waals surface area contributed by atoms with E-state index in [1.165, 1.54) is 17.0 Å². The second-order valence-corrected chi connectivity index (χ2v) is 8.14. The van der Waals surface area contributed by atoms with E-state index >= 15 is 0 Å². The summed E-state index contributed by atoms with van der Waals surface area (Å²) < 4.78 is 0. The van der Waals surface area contributed by atoms with E-state index in [0.717, 1.165) is 6.42 Å². The number of carbonyl (C=O) groups excluding carboxylic acids is 2. The predicted molar refractivity (Wildman–Crippen MR) is 121 cm³/mol. The third-order valence-corrected chi connectivity index (χ3v) is 5.77. The molecule has 0 aliphatic rings. The number of hydrogen-bond donors (Lipinski definition) is 1. The first-order chi connectivity index (χ1) is 14.6. The van der Waals surface area contributed by atoms with Gasteiger partial charge < -0.3 is 10.2 Å². The van der Waals surface area contributed by atoms with Gasteiger partial charge >= 0.3 is 0 Å². The first-order valence-electron chi connectivity index (χ1n) is 9.90. The molecular formula is C22H25Cl2N3O4. The van der Waals surface area contributed by atoms with Crippen molar-refractivity contribution >= 4 is 40.7 Å². The molecule has 0 radical (unpaired) electrons. The van der Waals surface area contributed by atoms with Crippen LogP contribution in [-0.2, 0) is 22.6 Å². The molecule has 31 heavy (non-hydrogen) atoms. The lowest BCUT2D eigenvalue weighted by Crippen LogP contribution is -2.49. The van der Waals surface area contributed by atoms with Crippen LogP contribution in [0.15, 0.2) is 42.5 Å². The van der Waals surface area contributed by atoms with Gasteiger partial charge in [-0.1, -0.05) is 54.4 Å². The highest BCUT2D eigenvalue weighted by molar-refractivity contribution is 6.42. The first kappa shape index (κ1) is 24.6. The fourth-order valence-corrected chi connectivity index (χ4v) is 3.31. The van der Waals surface area contributed by atoms with Crippen LogP contribution in [0.3, 0.4) is 0 Å². The van der Waals surface area contributed by atoms with Crippen molar-refractivity contribution in [3.05, 3.63) is 73.8 Å². The average molecular weight is 466 g/mol. The van der Waals surface area contributed by atoms with Gasteiger partial charge in [-0.15, -0.1) is 0 Å². The Morgan fingerprint density at radius 2 is 1.81 bits per heavy atom. The normalized spacial score (nSPS) is 12.7. The molecule has 2 amide bonds. The van der Waals surface area contributed by atoms with E-state index in [-0.39, 0.29) is 36.2 Å². The van der Waals surface area contributed by atoms with Crippen LogP contribution < -0.4 is 5.32 Å². The molecule has 0 fully saturated rings. The number of amides is 2. The largest absolute Gasteiger partial charge is 0.352 e. The molecule has 9 heteroatoms. The van der Waals surface area contributed by atoms with Gasteiger partial charge in [-0.3, -0.25) is 19.7 Å². The monoisotopic (exact) mass is 465 g/mol. The topological polar surface area (TPSA) is 92.6 Å². The van der Waals surface area contributed by atoms with Crippen molar-refractivity contribution in [3.8, 4) is 0 Å². The number of benzene rings is 2. The lowest BCUT2D eigenvalue weighted by Gasteiger charge is -2.30. The lowest BCUT2D eigenvalue weighted by molar-refractivity contribution is -0.385. The highest BCUT2D eigenvalue weighted by Gasteiger charge is 2.28. The molecule has 0 heterocycles. The Morgan fingerprint density at radius 1 is 1.13 bits per heavy atom. The maximum atomic E-state index is 13.2. The van der Waals surface area contributed by atoms with Gasteiger partial charge in [0.25, 0.3) is 5.69 Å². The number of nitrogens with zero attached hydrogens (tertiary/aromatic N) is 2. The number of para-hydroxylation sites is 1. The zero-order chi connectivity index (χ0) is 23.1. The number of halogens is 2. The molecule has 0 unspecified atom stereocenters. The van der Waals surface area contributed by atoms with Gasteiger partial charge in [0.05, 0.1) is 21.4 Å². The van der Waals surface area contributed by atoms with Crippen LogP contribution in [0.2, 0.25) is 10.0 Å². The van der Waals surface area contributed by atoms with Gasteiger partial charge in [0, 0.05) is 24.2 Å². The Kier molecular flexibility index (Phi) is 8.83. The van der Waals surface area contributed by atoms with Crippen LogP contribution in [-0.4, -0.2) is 33.7 Å². The number of rotatable bonds is 9. The standard InChI is InChI=1S/C22H25Cl2N3O4/c1-4-14(2)25-22(29)15(3)26(13-16-9-10-18(23)19(24)11-16)21(28)12-17-7-5-6-8-20(17)27(30)31/h5-11,14-15H,4,12-13H2,1-3H3,(H,25,29)/t14-,15-/m1/s1. The van der Waals surface area contributed by atoms with Crippen molar-refractivity contribution in [1.82, 2.24) is 10.2 Å². The average Bonchev–Trinajstić information content (AvgIpc) is 2.73. The predicted octanol–water partition coefficient (Wildman–Crippen LogP) is 4.78. The molecule has 0 saturated heterocycles. The highest BCUT2D eigenvalue weighted by Crippen LogP contribution is 2.25. The number of carbonyl (C=O) groups is 2. The van der Waals surface area contributed by atoms with Crippen molar-refractivity contribution in [2.75, 3.05) is 0 Å². The van der Waals surface area contributed by atoms with Crippen molar-refractivity contribution in [2.45, 2.75) is 52.2 Å². The Hall–Kier alpha value is -2.64. The fraction of sp³-hybridized carbons (Fsp3) is 0.364. The van der Waals surface area contributed by atoms with Gasteiger partial charge in [0.1, 0.15) is 6.04 Å². The first-order valence-corrected chi connectivity index (χ1v) is 10.7. The summed E-state index contributed by atoms with van der Waals surface area (Å²) in [6.07, 6.45) is 0.537. The summed E-state index contributed by atoms with van der Waals surface area (Å²) in [6, 6.07) is 10.2. The van der Waals surface area contributed by atoms with Crippen molar-refractivity contribution in [2.24, 2.45) is 0 Å². The van der Waals surface area contributed by atoms with Crippen LogP contribution in [0.5, 0.6) is 0 Å². The summed E-state index contributed by atoms with van der Waals surface area (Å²) in [7, 11) is 0. The summed E-state index contributed by atoms with van der Waals surface area (Å²) in [4.78, 5) is 38.1. The lowest BCUT2D eigenvalue weighted by atomic mass is 10.1. The molecule has 0 bridgehead atoms. The second-order valence-electron chi connectivity index (χ2n) is 7.33. The Labute approximate surface area is 191 Å². The number of nitrogens with one attached hydrogen (secondary N) is 1. The van der Waals surface area contributed by atoms with Crippen LogP contribution in [0, 0.1) is 10.1 Å². The van der Waals surface area contributed by atoms with Crippen LogP contribution >= 0.6 is 23.2 Å². The Balaban J connectivity index is 2.33. The van der Waals surface area contributed by atoms with E-state index in [2.05, 4.69) is 5.32 Å². The van der Waals surface area contributed by atoms with Crippen molar-refractivity contribution in [3.63, 3.8) is 0 Å². The highest BCUT2D eigenvalue weighted by atomic mass is 35.5. The maximum Gasteiger partial charge on any atom is 0.273 e. The van der Waals surface area contributed by atoms with Crippen LogP contribution in [0.25, 0.3) is 0 Å². The number of nitro groups is 1. The van der Waals surface area contributed by atoms with Crippen molar-refractivity contribution in [1.29, 1.82) is 0 Å². The van der Waals surface area contributed by atoms with E-state index in [0.29, 0.717) is 15.6 Å². The van der Waals surface area contributed by atoms with E-state index < -0.39 is 16.9 Å². The molecule has 0 aromatic heterocycles. The van der Waals surface area contributed by atoms with E-state index in [1.807, 2.05) is 13.8 Å². The Morgan fingerprint density at radius 3 is 2.42 bits per heavy atom. The molecule has 166 valence electrons. The van der Waals surface area contributed by atoms with Crippen LogP contribution in [0.4, 0.5) is 5.69 Å². The quantitative estimate of drug-likeness (QED) is 0.426. The Bertz CT molecular complexity index is 968. The third kappa shape index (κ3) is 6.67. The summed E-state index contributed by atoms with van der Waals surface area (Å²) >= 11 is 12.1. The minimum absolute atomic E-state index is 0.0490. The molecule has 1 N–H and O–H groups in total. The van der Waals surface area contributed by atoms with Gasteiger partial charge in [-0.05, 0) is 38.0 Å². The SMILES string of the molecule is CC[C@@H](C)NC(=O)[C@@H](C)N(Cc1ccc(Cl)c(Cl)c1)C(=O)Cc1ccccc1[N+](=O)[O-]. The summed E-state index contributed by atoms with van der Waals surface area (Å²) in [6.45, 7) is 5.56. The zero-order valence-electron chi connectivity index (χ0n) is 17.6. The van der Waals surface area contributed by atoms with E-state index in [9.17, 15) is 19.7 Å². The number of nitro benzene ring substituents is 1. The third-order valence-electron chi connectivity index (χ3n) is 5.04. The summed E-state index contributed by atoms with van der Waals surface area (Å²) in [5.74, 6) is -0.711. The fourth-order valence-electron chi connectivity index (χ4n) is 2.99. The molecule has 0 aliphatic carbocycles. The molecule has 2 aromatic rings. The molecule has 2 atom stereocenters. The molecular weight excluding hydrogens is 441 g/mol. The number of hydrogen-bond acceptors (Lipinski definition) is 4. The van der Waals surface area contributed by atoms with Crippen molar-refractivity contribution < 1.29 is 14.5 Å². The van der Waals surface area contributed by atoms with E-state index in [1.54, 1.807) is 37.3 Å². The summed E-state index contributed by atoms with van der Waals surface area (Å²) in [5.41, 5.74) is 0.835. The van der Waals surface area contributed by atoms with Gasteiger partial charge in [-0.25, -0.2) is 0 Å². The molecule has 0 saturated carbocycles. The zero-order valence-corrected chi connectivity index (χ0v) is 19.1. The molecule has 0 aliphatic heterocycles. The smallest absolute Gasteiger partial charge is 0.273 e. The van der Waals surface area contributed by atoms with Crippen LogP contribution in [0.1, 0.15) is 38.3 Å². The van der Waals surface area contributed by atoms with E-state index in [4.69, 9.17) is 23.2 Å². The molecule has 7 nitrogen and oxygen atoms in total. The van der Waals surface area contributed by atoms with Gasteiger partial charge in [-0.2, -0.15) is 0 Å². The van der Waals surface area contributed by atoms with Gasteiger partial charge in [0.2, 0.25) is 11.8 Å². The van der Waals surface area contributed by atoms with Gasteiger partial charge in [0.15, 0.2) is 0 Å². The molecule has 0 spiro atoms. The minimum atomic E-state index is -0.793. The minimum Gasteiger partial charge on any atom is -0.352 e. The molecule has 2 rings (SSSR count). The second kappa shape index (κ2) is 11.1. The molecule has 2 aromatic carbocycles.